The van der Waals surface area contributed by atoms with Crippen molar-refractivity contribution in [3.05, 3.63) is 69.3 Å². The van der Waals surface area contributed by atoms with Gasteiger partial charge in [0.1, 0.15) is 5.76 Å². The molecule has 1 saturated heterocycles. The lowest BCUT2D eigenvalue weighted by Crippen LogP contribution is -2.30. The predicted molar refractivity (Wildman–Crippen MR) is 112 cm³/mol. The maximum atomic E-state index is 12.9. The van der Waals surface area contributed by atoms with E-state index in [1.54, 1.807) is 6.07 Å². The number of benzene rings is 2. The molecule has 0 aromatic heterocycles. The number of hydrogen-bond donors (Lipinski definition) is 2. The van der Waals surface area contributed by atoms with Crippen LogP contribution in [0.25, 0.3) is 5.76 Å². The van der Waals surface area contributed by atoms with Gasteiger partial charge in [-0.15, -0.1) is 0 Å². The molecule has 162 valence electrons. The van der Waals surface area contributed by atoms with Crippen LogP contribution in [0.4, 0.5) is 5.69 Å². The van der Waals surface area contributed by atoms with Crippen LogP contribution in [0.15, 0.2) is 48.0 Å². The molecule has 0 spiro atoms. The molecule has 0 saturated carbocycles. The molecule has 3 rings (SSSR count). The molecule has 0 bridgehead atoms. The lowest BCUT2D eigenvalue weighted by molar-refractivity contribution is -0.384. The lowest BCUT2D eigenvalue weighted by atomic mass is 9.95. The summed E-state index contributed by atoms with van der Waals surface area (Å²) in [6.45, 7) is 2.25. The third-order valence-electron chi connectivity index (χ3n) is 5.16. The molecular weight excluding hydrogens is 404 g/mol. The predicted octanol–water partition coefficient (Wildman–Crippen LogP) is 3.53. The summed E-state index contributed by atoms with van der Waals surface area (Å²) in [7, 11) is 1.38. The van der Waals surface area contributed by atoms with Gasteiger partial charge in [0.25, 0.3) is 17.4 Å². The van der Waals surface area contributed by atoms with Crippen molar-refractivity contribution in [1.29, 1.82) is 0 Å². The smallest absolute Gasteiger partial charge is 0.295 e. The van der Waals surface area contributed by atoms with Crippen LogP contribution in [-0.4, -0.2) is 45.4 Å². The number of nitrogens with zero attached hydrogens (tertiary/aromatic N) is 2. The Morgan fingerprint density at radius 1 is 1.19 bits per heavy atom. The lowest BCUT2D eigenvalue weighted by Gasteiger charge is -2.25. The number of ether oxygens (including phenoxy) is 1. The van der Waals surface area contributed by atoms with Crippen molar-refractivity contribution >= 4 is 23.1 Å². The van der Waals surface area contributed by atoms with E-state index in [1.807, 2.05) is 6.92 Å². The number of rotatable bonds is 7. The van der Waals surface area contributed by atoms with E-state index in [4.69, 9.17) is 4.74 Å². The van der Waals surface area contributed by atoms with Gasteiger partial charge in [0.15, 0.2) is 11.5 Å². The molecule has 31 heavy (non-hydrogen) atoms. The average molecular weight is 426 g/mol. The monoisotopic (exact) mass is 426 g/mol. The number of carbonyl (C=O) groups excluding carboxylic acids is 2. The summed E-state index contributed by atoms with van der Waals surface area (Å²) in [5, 5.41) is 31.7. The molecule has 1 aliphatic heterocycles. The summed E-state index contributed by atoms with van der Waals surface area (Å²) < 4.78 is 5.15. The van der Waals surface area contributed by atoms with Gasteiger partial charge in [-0.25, -0.2) is 0 Å². The van der Waals surface area contributed by atoms with E-state index < -0.39 is 28.4 Å². The Kier molecular flexibility index (Phi) is 6.24. The van der Waals surface area contributed by atoms with Crippen LogP contribution in [0.1, 0.15) is 36.9 Å². The molecule has 9 heteroatoms. The van der Waals surface area contributed by atoms with E-state index >= 15 is 0 Å². The van der Waals surface area contributed by atoms with Crippen LogP contribution < -0.4 is 4.74 Å². The maximum Gasteiger partial charge on any atom is 0.295 e. The van der Waals surface area contributed by atoms with Gasteiger partial charge in [0, 0.05) is 24.2 Å². The van der Waals surface area contributed by atoms with Gasteiger partial charge in [-0.3, -0.25) is 19.7 Å². The van der Waals surface area contributed by atoms with E-state index in [2.05, 4.69) is 0 Å². The molecule has 1 atom stereocenters. The average Bonchev–Trinajstić information content (AvgIpc) is 3.02. The summed E-state index contributed by atoms with van der Waals surface area (Å²) in [6.07, 6.45) is 1.44. The van der Waals surface area contributed by atoms with Crippen LogP contribution >= 0.6 is 0 Å². The number of hydrogen-bond acceptors (Lipinski definition) is 7. The van der Waals surface area contributed by atoms with Crippen molar-refractivity contribution in [3.8, 4) is 11.5 Å². The molecule has 2 aromatic rings. The number of aromatic hydroxyl groups is 1. The molecule has 0 radical (unpaired) electrons. The Bertz CT molecular complexity index is 1060. The first kappa shape index (κ1) is 21.8. The highest BCUT2D eigenvalue weighted by molar-refractivity contribution is 6.46. The Labute approximate surface area is 178 Å². The highest BCUT2D eigenvalue weighted by Crippen LogP contribution is 2.41. The highest BCUT2D eigenvalue weighted by Gasteiger charge is 2.46. The fourth-order valence-corrected chi connectivity index (χ4v) is 3.55. The van der Waals surface area contributed by atoms with Crippen LogP contribution in [0, 0.1) is 10.1 Å². The van der Waals surface area contributed by atoms with Gasteiger partial charge in [-0.1, -0.05) is 19.4 Å². The Hall–Kier alpha value is -3.88. The van der Waals surface area contributed by atoms with Crippen LogP contribution in [0.2, 0.25) is 0 Å². The van der Waals surface area contributed by atoms with Gasteiger partial charge >= 0.3 is 0 Å². The molecule has 1 aliphatic rings. The molecule has 1 amide bonds. The number of Topliss-reactive ketones (excluding diaryl/α,β-unsaturated/α-hetero) is 1. The molecule has 2 N–H and O–H groups in total. The van der Waals surface area contributed by atoms with Crippen molar-refractivity contribution in [3.63, 3.8) is 0 Å². The van der Waals surface area contributed by atoms with Gasteiger partial charge < -0.3 is 19.8 Å². The van der Waals surface area contributed by atoms with E-state index in [9.17, 15) is 29.9 Å². The minimum Gasteiger partial charge on any atom is -0.507 e. The fraction of sp³-hybridized carbons (Fsp3) is 0.273. The molecule has 1 heterocycles. The normalized spacial score (nSPS) is 17.7. The zero-order valence-electron chi connectivity index (χ0n) is 17.1. The maximum absolute atomic E-state index is 12.9. The Balaban J connectivity index is 2.17. The number of phenolic OH excluding ortho intramolecular Hbond substituents is 1. The van der Waals surface area contributed by atoms with Crippen molar-refractivity contribution in [2.24, 2.45) is 0 Å². The van der Waals surface area contributed by atoms with Crippen LogP contribution in [0.3, 0.4) is 0 Å². The molecule has 1 fully saturated rings. The zero-order chi connectivity index (χ0) is 22.7. The number of unbranched alkanes of at least 4 members (excludes halogenated alkanes) is 1. The van der Waals surface area contributed by atoms with Gasteiger partial charge in [-0.2, -0.15) is 0 Å². The van der Waals surface area contributed by atoms with E-state index in [0.717, 1.165) is 6.42 Å². The largest absolute Gasteiger partial charge is 0.507 e. The second-order valence-corrected chi connectivity index (χ2v) is 7.08. The summed E-state index contributed by atoms with van der Waals surface area (Å²) in [5.41, 5.74) is 0.366. The number of nitro benzene ring substituents is 1. The number of phenols is 1. The van der Waals surface area contributed by atoms with Crippen LogP contribution in [0.5, 0.6) is 11.5 Å². The van der Waals surface area contributed by atoms with Gasteiger partial charge in [-0.05, 0) is 36.2 Å². The number of aliphatic hydroxyl groups excluding tert-OH is 1. The Morgan fingerprint density at radius 2 is 1.87 bits per heavy atom. The van der Waals surface area contributed by atoms with Crippen molar-refractivity contribution in [2.75, 3.05) is 13.7 Å². The quantitative estimate of drug-likeness (QED) is 0.228. The molecular formula is C22H22N2O7. The molecule has 0 unspecified atom stereocenters. The number of ketones is 1. The number of methoxy groups -OCH3 is 1. The SMILES string of the molecule is CCCCN1C(=O)C(=O)C(=C(O)c2ccc([N+](=O)[O-])cc2)[C@H]1c1ccc(O)c(OC)c1. The first-order valence-corrected chi connectivity index (χ1v) is 9.70. The molecule has 0 aliphatic carbocycles. The number of aliphatic hydroxyl groups is 1. The number of likely N-dealkylation sites (tertiary alicyclic amines) is 1. The summed E-state index contributed by atoms with van der Waals surface area (Å²) in [4.78, 5) is 37.3. The minimum absolute atomic E-state index is 0.105. The second-order valence-electron chi connectivity index (χ2n) is 7.08. The number of non-ortho nitro benzene ring substituents is 1. The van der Waals surface area contributed by atoms with E-state index in [1.165, 1.54) is 48.4 Å². The third-order valence-corrected chi connectivity index (χ3v) is 5.16. The standard InChI is InChI=1S/C22H22N2O7/c1-3-4-11-23-19(14-7-10-16(25)17(12-14)31-2)18(21(27)22(23)28)20(26)13-5-8-15(9-6-13)24(29)30/h5-10,12,19,25-26H,3-4,11H2,1-2H3/t19-/m1/s1. The van der Waals surface area contributed by atoms with E-state index in [-0.39, 0.29) is 28.3 Å². The van der Waals surface area contributed by atoms with Crippen molar-refractivity contribution < 1.29 is 29.5 Å². The third kappa shape index (κ3) is 4.07. The zero-order valence-corrected chi connectivity index (χ0v) is 17.1. The number of amides is 1. The summed E-state index contributed by atoms with van der Waals surface area (Å²) in [5.74, 6) is -1.96. The first-order chi connectivity index (χ1) is 14.8. The fourth-order valence-electron chi connectivity index (χ4n) is 3.55. The number of carbonyl (C=O) groups is 2. The van der Waals surface area contributed by atoms with Crippen molar-refractivity contribution in [2.45, 2.75) is 25.8 Å². The first-order valence-electron chi connectivity index (χ1n) is 9.70. The Morgan fingerprint density at radius 3 is 2.45 bits per heavy atom. The topological polar surface area (TPSA) is 130 Å². The summed E-state index contributed by atoms with van der Waals surface area (Å²) in [6, 6.07) is 8.62. The highest BCUT2D eigenvalue weighted by atomic mass is 16.6. The van der Waals surface area contributed by atoms with Crippen molar-refractivity contribution in [1.82, 2.24) is 4.90 Å². The second kappa shape index (κ2) is 8.86. The number of nitro groups is 1. The summed E-state index contributed by atoms with van der Waals surface area (Å²) >= 11 is 0. The minimum atomic E-state index is -0.892. The van der Waals surface area contributed by atoms with Gasteiger partial charge in [0.2, 0.25) is 0 Å². The van der Waals surface area contributed by atoms with Gasteiger partial charge in [0.05, 0.1) is 23.6 Å². The molecule has 9 nitrogen and oxygen atoms in total. The van der Waals surface area contributed by atoms with Crippen LogP contribution in [-0.2, 0) is 9.59 Å². The molecule has 2 aromatic carbocycles. The van der Waals surface area contributed by atoms with E-state index in [0.29, 0.717) is 18.5 Å².